The number of rotatable bonds is 12. The Morgan fingerprint density at radius 3 is 2.76 bits per heavy atom. The molecule has 1 heterocycles. The Morgan fingerprint density at radius 1 is 1.20 bits per heavy atom. The number of hydrogen-bond acceptors (Lipinski definition) is 4. The zero-order valence-corrected chi connectivity index (χ0v) is 15.4. The van der Waals surface area contributed by atoms with E-state index in [0.717, 1.165) is 32.1 Å². The molecule has 2 bridgehead atoms. The summed E-state index contributed by atoms with van der Waals surface area (Å²) in [4.78, 5) is 10.5. The van der Waals surface area contributed by atoms with Crippen molar-refractivity contribution >= 4 is 5.97 Å². The van der Waals surface area contributed by atoms with Gasteiger partial charge in [0.2, 0.25) is 0 Å². The van der Waals surface area contributed by atoms with Gasteiger partial charge in [-0.2, -0.15) is 0 Å². The van der Waals surface area contributed by atoms with Crippen LogP contribution >= 0.6 is 0 Å². The molecule has 0 amide bonds. The molecular formula is C20H34N2O3. The van der Waals surface area contributed by atoms with Gasteiger partial charge in [0.1, 0.15) is 0 Å². The number of aliphatic hydroxyl groups is 1. The molecule has 25 heavy (non-hydrogen) atoms. The van der Waals surface area contributed by atoms with Crippen molar-refractivity contribution in [3.63, 3.8) is 0 Å². The van der Waals surface area contributed by atoms with E-state index in [1.807, 2.05) is 6.08 Å². The molecule has 1 saturated carbocycles. The Balaban J connectivity index is 1.78. The van der Waals surface area contributed by atoms with Crippen molar-refractivity contribution in [1.29, 1.82) is 0 Å². The predicted molar refractivity (Wildman–Crippen MR) is 100.0 cm³/mol. The fraction of sp³-hybridized carbons (Fsp3) is 0.750. The lowest BCUT2D eigenvalue weighted by Crippen LogP contribution is -2.47. The van der Waals surface area contributed by atoms with E-state index in [2.05, 4.69) is 36.0 Å². The second-order valence-electron chi connectivity index (χ2n) is 7.42. The molecule has 142 valence electrons. The van der Waals surface area contributed by atoms with E-state index >= 15 is 0 Å². The van der Waals surface area contributed by atoms with Crippen molar-refractivity contribution < 1.29 is 15.0 Å². The maximum atomic E-state index is 10.5. The monoisotopic (exact) mass is 350 g/mol. The summed E-state index contributed by atoms with van der Waals surface area (Å²) in [6, 6.07) is 0.940. The Morgan fingerprint density at radius 2 is 2.00 bits per heavy atom. The van der Waals surface area contributed by atoms with Gasteiger partial charge in [0, 0.05) is 18.5 Å². The number of carboxylic acids is 1. The van der Waals surface area contributed by atoms with Gasteiger partial charge in [-0.3, -0.25) is 15.6 Å². The van der Waals surface area contributed by atoms with Crippen LogP contribution in [0.1, 0.15) is 64.7 Å². The first-order valence-corrected chi connectivity index (χ1v) is 9.86. The summed E-state index contributed by atoms with van der Waals surface area (Å²) in [5, 5.41) is 18.8. The standard InChI is InChI=1S/C20H34N2O3/c1-2-3-6-9-15(23)12-13-17-16(18-14-19(17)22-21-18)10-7-4-5-8-11-20(24)25/h4,7,12-13,15-19,21-23H,2-3,5-6,8-11,14H2,1H3,(H,24,25)/b7-4-,13-12+/t15-,16+,17?,18-,19+/m0/s1. The number of aliphatic hydroxyl groups excluding tert-OH is 1. The van der Waals surface area contributed by atoms with Crippen molar-refractivity contribution in [3.8, 4) is 0 Å². The van der Waals surface area contributed by atoms with E-state index in [1.165, 1.54) is 12.8 Å². The maximum Gasteiger partial charge on any atom is 0.303 e. The Bertz CT molecular complexity index is 464. The molecule has 1 aliphatic carbocycles. The quantitative estimate of drug-likeness (QED) is 0.321. The normalized spacial score (nSPS) is 29.8. The molecule has 0 spiro atoms. The second-order valence-corrected chi connectivity index (χ2v) is 7.42. The van der Waals surface area contributed by atoms with E-state index in [-0.39, 0.29) is 12.5 Å². The van der Waals surface area contributed by atoms with Crippen LogP contribution in [0.4, 0.5) is 0 Å². The number of carbonyl (C=O) groups is 1. The van der Waals surface area contributed by atoms with E-state index in [9.17, 15) is 9.90 Å². The largest absolute Gasteiger partial charge is 0.481 e. The summed E-state index contributed by atoms with van der Waals surface area (Å²) in [7, 11) is 0. The summed E-state index contributed by atoms with van der Waals surface area (Å²) in [6.07, 6.45) is 16.4. The molecule has 1 aliphatic heterocycles. The lowest BCUT2D eigenvalue weighted by molar-refractivity contribution is -0.137. The molecule has 5 atom stereocenters. The SMILES string of the molecule is CCCCC[C@H](O)/C=C/C1[C@@H](C/C=C\CCCC(=O)O)[C@@H]2C[C@H]1NN2. The summed E-state index contributed by atoms with van der Waals surface area (Å²) in [5.74, 6) is 0.274. The zero-order chi connectivity index (χ0) is 18.1. The number of hydrazine groups is 1. The maximum absolute atomic E-state index is 10.5. The summed E-state index contributed by atoms with van der Waals surface area (Å²) < 4.78 is 0. The smallest absolute Gasteiger partial charge is 0.303 e. The average Bonchev–Trinajstić information content (AvgIpc) is 3.17. The molecule has 0 aromatic heterocycles. The van der Waals surface area contributed by atoms with Gasteiger partial charge < -0.3 is 10.2 Å². The molecule has 2 rings (SSSR count). The lowest BCUT2D eigenvalue weighted by Gasteiger charge is -2.29. The van der Waals surface area contributed by atoms with Crippen LogP contribution in [0.3, 0.4) is 0 Å². The highest BCUT2D eigenvalue weighted by Gasteiger charge is 2.45. The number of allylic oxidation sites excluding steroid dienone is 2. The van der Waals surface area contributed by atoms with Crippen molar-refractivity contribution in [2.45, 2.75) is 82.9 Å². The number of fused-ring (bicyclic) bond motifs is 2. The number of carboxylic acid groups (broad SMARTS) is 1. The highest BCUT2D eigenvalue weighted by molar-refractivity contribution is 5.66. The van der Waals surface area contributed by atoms with Crippen LogP contribution in [0.2, 0.25) is 0 Å². The summed E-state index contributed by atoms with van der Waals surface area (Å²) in [6.45, 7) is 2.18. The average molecular weight is 351 g/mol. The molecular weight excluding hydrogens is 316 g/mol. The molecule has 1 unspecified atom stereocenters. The van der Waals surface area contributed by atoms with E-state index in [1.54, 1.807) is 0 Å². The molecule has 5 nitrogen and oxygen atoms in total. The van der Waals surface area contributed by atoms with Crippen molar-refractivity contribution in [3.05, 3.63) is 24.3 Å². The van der Waals surface area contributed by atoms with Crippen LogP contribution in [0, 0.1) is 11.8 Å². The van der Waals surface area contributed by atoms with E-state index in [0.29, 0.717) is 30.3 Å². The third kappa shape index (κ3) is 6.57. The van der Waals surface area contributed by atoms with Gasteiger partial charge in [-0.15, -0.1) is 0 Å². The third-order valence-electron chi connectivity index (χ3n) is 5.43. The minimum Gasteiger partial charge on any atom is -0.481 e. The number of nitrogens with one attached hydrogen (secondary N) is 2. The lowest BCUT2D eigenvalue weighted by atomic mass is 9.87. The minimum atomic E-state index is -0.723. The number of aliphatic carboxylic acids is 1. The van der Waals surface area contributed by atoms with Crippen molar-refractivity contribution in [1.82, 2.24) is 10.9 Å². The van der Waals surface area contributed by atoms with Crippen LogP contribution in [0.5, 0.6) is 0 Å². The molecule has 0 radical (unpaired) electrons. The van der Waals surface area contributed by atoms with Gasteiger partial charge in [-0.05, 0) is 43.9 Å². The van der Waals surface area contributed by atoms with Gasteiger partial charge in [0.25, 0.3) is 0 Å². The molecule has 0 aromatic carbocycles. The van der Waals surface area contributed by atoms with Gasteiger partial charge in [-0.25, -0.2) is 0 Å². The van der Waals surface area contributed by atoms with Gasteiger partial charge in [0.15, 0.2) is 0 Å². The summed E-state index contributed by atoms with van der Waals surface area (Å²) in [5.41, 5.74) is 6.74. The molecule has 4 N–H and O–H groups in total. The first-order valence-electron chi connectivity index (χ1n) is 9.86. The van der Waals surface area contributed by atoms with Crippen LogP contribution in [-0.4, -0.2) is 34.4 Å². The Labute approximate surface area is 151 Å². The topological polar surface area (TPSA) is 81.6 Å². The van der Waals surface area contributed by atoms with E-state index in [4.69, 9.17) is 5.11 Å². The highest BCUT2D eigenvalue weighted by Crippen LogP contribution is 2.39. The van der Waals surface area contributed by atoms with Crippen LogP contribution in [0.25, 0.3) is 0 Å². The molecule has 2 fully saturated rings. The Kier molecular flexibility index (Phi) is 8.65. The van der Waals surface area contributed by atoms with Gasteiger partial charge in [-0.1, -0.05) is 50.5 Å². The molecule has 0 aromatic rings. The Hall–Kier alpha value is -1.17. The number of unbranched alkanes of at least 4 members (excludes halogenated alkanes) is 3. The zero-order valence-electron chi connectivity index (χ0n) is 15.4. The molecule has 1 saturated heterocycles. The number of hydrogen-bond donors (Lipinski definition) is 4. The summed E-state index contributed by atoms with van der Waals surface area (Å²) >= 11 is 0. The fourth-order valence-corrected chi connectivity index (χ4v) is 4.00. The van der Waals surface area contributed by atoms with E-state index < -0.39 is 5.97 Å². The van der Waals surface area contributed by atoms with Crippen LogP contribution in [0.15, 0.2) is 24.3 Å². The predicted octanol–water partition coefficient (Wildman–Crippen LogP) is 3.17. The highest BCUT2D eigenvalue weighted by atomic mass is 16.4. The molecule has 2 aliphatic rings. The van der Waals surface area contributed by atoms with Crippen LogP contribution < -0.4 is 10.9 Å². The van der Waals surface area contributed by atoms with Gasteiger partial charge >= 0.3 is 5.97 Å². The first kappa shape index (κ1) is 20.1. The van der Waals surface area contributed by atoms with Crippen LogP contribution in [-0.2, 0) is 4.79 Å². The second kappa shape index (κ2) is 10.7. The van der Waals surface area contributed by atoms with Gasteiger partial charge in [0.05, 0.1) is 6.10 Å². The molecule has 5 heteroatoms. The third-order valence-corrected chi connectivity index (χ3v) is 5.43. The van der Waals surface area contributed by atoms with Crippen molar-refractivity contribution in [2.24, 2.45) is 11.8 Å². The van der Waals surface area contributed by atoms with Crippen molar-refractivity contribution in [2.75, 3.05) is 0 Å². The fourth-order valence-electron chi connectivity index (χ4n) is 4.00. The first-order chi connectivity index (χ1) is 12.1. The minimum absolute atomic E-state index is 0.241.